The molecule has 0 saturated heterocycles. The minimum Gasteiger partial charge on any atom is -0.359 e. The van der Waals surface area contributed by atoms with Gasteiger partial charge in [0.2, 0.25) is 5.13 Å². The van der Waals surface area contributed by atoms with Gasteiger partial charge in [-0.25, -0.2) is 0 Å². The normalized spacial score (nSPS) is 12.9. The monoisotopic (exact) mass is 172 g/mol. The number of nitrogens with two attached hydrogens (primary N) is 1. The van der Waals surface area contributed by atoms with Gasteiger partial charge in [-0.05, 0) is 6.42 Å². The number of hydrogen-bond acceptors (Lipinski definition) is 5. The van der Waals surface area contributed by atoms with Crippen molar-refractivity contribution in [3.8, 4) is 0 Å². The van der Waals surface area contributed by atoms with E-state index in [0.29, 0.717) is 0 Å². The van der Waals surface area contributed by atoms with Crippen LogP contribution in [0.25, 0.3) is 0 Å². The van der Waals surface area contributed by atoms with Gasteiger partial charge in [-0.2, -0.15) is 0 Å². The lowest BCUT2D eigenvalue weighted by Gasteiger charge is -2.07. The molecule has 0 saturated carbocycles. The first-order chi connectivity index (χ1) is 5.33. The summed E-state index contributed by atoms with van der Waals surface area (Å²) in [5.74, 6) is 0. The molecule has 1 atom stereocenters. The lowest BCUT2D eigenvalue weighted by Crippen LogP contribution is -2.27. The van der Waals surface area contributed by atoms with Crippen LogP contribution in [0.15, 0.2) is 5.51 Å². The maximum Gasteiger partial charge on any atom is 0.205 e. The van der Waals surface area contributed by atoms with Gasteiger partial charge >= 0.3 is 0 Å². The summed E-state index contributed by atoms with van der Waals surface area (Å²) in [7, 11) is 0. The highest BCUT2D eigenvalue weighted by molar-refractivity contribution is 7.13. The molecular weight excluding hydrogens is 160 g/mol. The maximum absolute atomic E-state index is 5.68. The second-order valence-corrected chi connectivity index (χ2v) is 3.13. The van der Waals surface area contributed by atoms with Gasteiger partial charge in [-0.15, -0.1) is 10.2 Å². The van der Waals surface area contributed by atoms with E-state index in [1.165, 1.54) is 11.3 Å². The van der Waals surface area contributed by atoms with Crippen LogP contribution in [0.2, 0.25) is 0 Å². The van der Waals surface area contributed by atoms with Crippen LogP contribution in [0, 0.1) is 0 Å². The Kier molecular flexibility index (Phi) is 3.25. The minimum atomic E-state index is 0.207. The highest BCUT2D eigenvalue weighted by Crippen LogP contribution is 2.07. The molecule has 62 valence electrons. The SMILES string of the molecule is CCC(N)CNc1nncs1. The van der Waals surface area contributed by atoms with Crippen molar-refractivity contribution in [3.05, 3.63) is 5.51 Å². The van der Waals surface area contributed by atoms with E-state index in [-0.39, 0.29) is 6.04 Å². The molecule has 11 heavy (non-hydrogen) atoms. The van der Waals surface area contributed by atoms with E-state index in [1.807, 2.05) is 0 Å². The van der Waals surface area contributed by atoms with Crippen molar-refractivity contribution in [2.45, 2.75) is 19.4 Å². The Hall–Kier alpha value is -0.680. The standard InChI is InChI=1S/C6H12N4S/c1-2-5(7)3-8-6-10-9-4-11-6/h4-5H,2-3,7H2,1H3,(H,8,10). The molecule has 1 aromatic rings. The highest BCUT2D eigenvalue weighted by atomic mass is 32.1. The fourth-order valence-corrected chi connectivity index (χ4v) is 1.07. The predicted octanol–water partition coefficient (Wildman–Crippen LogP) is 0.687. The third kappa shape index (κ3) is 2.81. The van der Waals surface area contributed by atoms with Crippen LogP contribution < -0.4 is 11.1 Å². The molecule has 0 aromatic carbocycles. The van der Waals surface area contributed by atoms with Crippen LogP contribution in [0.5, 0.6) is 0 Å². The fraction of sp³-hybridized carbons (Fsp3) is 0.667. The third-order valence-corrected chi connectivity index (χ3v) is 2.05. The van der Waals surface area contributed by atoms with Gasteiger partial charge in [0.25, 0.3) is 0 Å². The van der Waals surface area contributed by atoms with Gasteiger partial charge in [0.05, 0.1) is 0 Å². The quantitative estimate of drug-likeness (QED) is 0.701. The Morgan fingerprint density at radius 2 is 2.64 bits per heavy atom. The minimum absolute atomic E-state index is 0.207. The summed E-state index contributed by atoms with van der Waals surface area (Å²) in [6.07, 6.45) is 0.978. The van der Waals surface area contributed by atoms with E-state index >= 15 is 0 Å². The van der Waals surface area contributed by atoms with E-state index in [0.717, 1.165) is 18.1 Å². The van der Waals surface area contributed by atoms with Gasteiger partial charge in [-0.1, -0.05) is 18.3 Å². The third-order valence-electron chi connectivity index (χ3n) is 1.40. The number of rotatable bonds is 4. The summed E-state index contributed by atoms with van der Waals surface area (Å²) in [5, 5.41) is 11.5. The van der Waals surface area contributed by atoms with Gasteiger partial charge in [-0.3, -0.25) is 0 Å². The highest BCUT2D eigenvalue weighted by Gasteiger charge is 1.99. The van der Waals surface area contributed by atoms with E-state index < -0.39 is 0 Å². The number of nitrogens with zero attached hydrogens (tertiary/aromatic N) is 2. The molecule has 1 rings (SSSR count). The average molecular weight is 172 g/mol. The first kappa shape index (κ1) is 8.42. The summed E-state index contributed by atoms with van der Waals surface area (Å²) < 4.78 is 0. The lowest BCUT2D eigenvalue weighted by molar-refractivity contribution is 0.678. The molecule has 0 aliphatic heterocycles. The Labute approximate surface area is 69.8 Å². The van der Waals surface area contributed by atoms with Crippen molar-refractivity contribution < 1.29 is 0 Å². The first-order valence-corrected chi connectivity index (χ1v) is 4.46. The Balaban J connectivity index is 2.23. The van der Waals surface area contributed by atoms with E-state index in [2.05, 4.69) is 22.4 Å². The Bertz CT molecular complexity index is 186. The predicted molar refractivity (Wildman–Crippen MR) is 46.7 cm³/mol. The second-order valence-electron chi connectivity index (χ2n) is 2.29. The van der Waals surface area contributed by atoms with Crippen molar-refractivity contribution in [2.75, 3.05) is 11.9 Å². The zero-order valence-electron chi connectivity index (χ0n) is 6.45. The molecule has 0 spiro atoms. The number of hydrogen-bond donors (Lipinski definition) is 2. The molecule has 3 N–H and O–H groups in total. The largest absolute Gasteiger partial charge is 0.359 e. The zero-order valence-corrected chi connectivity index (χ0v) is 7.27. The summed E-state index contributed by atoms with van der Waals surface area (Å²) in [4.78, 5) is 0. The van der Waals surface area contributed by atoms with Gasteiger partial charge < -0.3 is 11.1 Å². The molecule has 1 heterocycles. The van der Waals surface area contributed by atoms with Gasteiger partial charge in [0.1, 0.15) is 5.51 Å². The number of anilines is 1. The first-order valence-electron chi connectivity index (χ1n) is 3.58. The fourth-order valence-electron chi connectivity index (χ4n) is 0.613. The van der Waals surface area contributed by atoms with Gasteiger partial charge in [0.15, 0.2) is 0 Å². The number of aromatic nitrogens is 2. The summed E-state index contributed by atoms with van der Waals surface area (Å²) >= 11 is 1.49. The molecule has 0 amide bonds. The van der Waals surface area contributed by atoms with E-state index in [4.69, 9.17) is 5.73 Å². The van der Waals surface area contributed by atoms with E-state index in [9.17, 15) is 0 Å². The molecule has 4 nitrogen and oxygen atoms in total. The van der Waals surface area contributed by atoms with Crippen LogP contribution in [0.1, 0.15) is 13.3 Å². The lowest BCUT2D eigenvalue weighted by atomic mass is 10.2. The van der Waals surface area contributed by atoms with Crippen molar-refractivity contribution in [1.82, 2.24) is 10.2 Å². The molecule has 1 unspecified atom stereocenters. The molecule has 0 aliphatic rings. The zero-order chi connectivity index (χ0) is 8.10. The smallest absolute Gasteiger partial charge is 0.205 e. The summed E-state index contributed by atoms with van der Waals surface area (Å²) in [6.45, 7) is 2.83. The van der Waals surface area contributed by atoms with Crippen molar-refractivity contribution >= 4 is 16.5 Å². The van der Waals surface area contributed by atoms with Crippen LogP contribution in [-0.2, 0) is 0 Å². The summed E-state index contributed by atoms with van der Waals surface area (Å²) in [5.41, 5.74) is 7.38. The molecule has 0 fully saturated rings. The molecule has 0 radical (unpaired) electrons. The molecule has 1 aromatic heterocycles. The van der Waals surface area contributed by atoms with Crippen molar-refractivity contribution in [3.63, 3.8) is 0 Å². The topological polar surface area (TPSA) is 63.8 Å². The second kappa shape index (κ2) is 4.25. The molecular formula is C6H12N4S. The Morgan fingerprint density at radius 1 is 1.82 bits per heavy atom. The van der Waals surface area contributed by atoms with Gasteiger partial charge in [0, 0.05) is 12.6 Å². The van der Waals surface area contributed by atoms with E-state index in [1.54, 1.807) is 5.51 Å². The molecule has 5 heteroatoms. The van der Waals surface area contributed by atoms with Crippen molar-refractivity contribution in [2.24, 2.45) is 5.73 Å². The average Bonchev–Trinajstić information content (AvgIpc) is 2.52. The van der Waals surface area contributed by atoms with Crippen LogP contribution in [-0.4, -0.2) is 22.8 Å². The van der Waals surface area contributed by atoms with Crippen LogP contribution in [0.3, 0.4) is 0 Å². The van der Waals surface area contributed by atoms with Crippen LogP contribution in [0.4, 0.5) is 5.13 Å². The maximum atomic E-state index is 5.68. The Morgan fingerprint density at radius 3 is 3.18 bits per heavy atom. The van der Waals surface area contributed by atoms with Crippen LogP contribution >= 0.6 is 11.3 Å². The number of nitrogens with one attached hydrogen (secondary N) is 1. The molecule has 0 bridgehead atoms. The molecule has 0 aliphatic carbocycles. The van der Waals surface area contributed by atoms with Crippen molar-refractivity contribution in [1.29, 1.82) is 0 Å². The summed E-state index contributed by atoms with van der Waals surface area (Å²) in [6, 6.07) is 0.207.